The molecule has 0 unspecified atom stereocenters. The average molecular weight is 240 g/mol. The van der Waals surface area contributed by atoms with Gasteiger partial charge in [0.1, 0.15) is 5.56 Å². The topological polar surface area (TPSA) is 59.4 Å². The molecule has 0 aliphatic carbocycles. The first-order valence-electron chi connectivity index (χ1n) is 3.08. The van der Waals surface area contributed by atoms with Crippen molar-refractivity contribution in [3.05, 3.63) is 22.3 Å². The molecule has 6 heteroatoms. The van der Waals surface area contributed by atoms with Gasteiger partial charge in [0.05, 0.1) is 7.11 Å². The van der Waals surface area contributed by atoms with Crippen LogP contribution in [0.15, 0.2) is 16.7 Å². The van der Waals surface area contributed by atoms with E-state index in [4.69, 9.17) is 9.84 Å². The fraction of sp³-hybridized carbons (Fsp3) is 0.143. The second-order valence-electron chi connectivity index (χ2n) is 2.02. The number of rotatable bonds is 2. The Kier molecular flexibility index (Phi) is 5.07. The van der Waals surface area contributed by atoms with E-state index in [0.717, 1.165) is 0 Å². The fourth-order valence-electron chi connectivity index (χ4n) is 0.743. The molecule has 0 spiro atoms. The number of pyridine rings is 1. The number of carboxylic acid groups (broad SMARTS) is 1. The maximum atomic E-state index is 10.6. The third-order valence-electron chi connectivity index (χ3n) is 1.24. The number of aromatic carboxylic acids is 1. The number of hydrogen-bond acceptors (Lipinski definition) is 3. The van der Waals surface area contributed by atoms with E-state index < -0.39 is 5.97 Å². The maximum Gasteiger partial charge on any atom is 1.00 e. The van der Waals surface area contributed by atoms with E-state index in [9.17, 15) is 4.79 Å². The van der Waals surface area contributed by atoms with Crippen LogP contribution in [-0.2, 0) is 0 Å². The van der Waals surface area contributed by atoms with Gasteiger partial charge in [-0.15, -0.1) is 0 Å². The number of carboxylic acids is 1. The van der Waals surface area contributed by atoms with Gasteiger partial charge >= 0.3 is 24.8 Å². The maximum absolute atomic E-state index is 10.6. The van der Waals surface area contributed by atoms with E-state index in [1.165, 1.54) is 19.4 Å². The Morgan fingerprint density at radius 1 is 1.77 bits per heavy atom. The molecule has 1 aromatic rings. The van der Waals surface area contributed by atoms with E-state index in [1.54, 1.807) is 0 Å². The first-order chi connectivity index (χ1) is 5.65. The second kappa shape index (κ2) is 5.28. The van der Waals surface area contributed by atoms with Crippen molar-refractivity contribution >= 4 is 21.9 Å². The smallest absolute Gasteiger partial charge is 1.00 e. The van der Waals surface area contributed by atoms with Crippen molar-refractivity contribution in [2.24, 2.45) is 0 Å². The minimum absolute atomic E-state index is 0. The first kappa shape index (κ1) is 12.5. The molecule has 0 amide bonds. The molecular weight excluding hydrogens is 233 g/mol. The van der Waals surface area contributed by atoms with Crippen molar-refractivity contribution in [3.8, 4) is 5.88 Å². The van der Waals surface area contributed by atoms with Gasteiger partial charge in [-0.05, 0) is 22.0 Å². The van der Waals surface area contributed by atoms with Crippen LogP contribution in [0.25, 0.3) is 0 Å². The Hall–Kier alpha value is -0.503. The number of aromatic nitrogens is 1. The van der Waals surface area contributed by atoms with Gasteiger partial charge in [-0.2, -0.15) is 0 Å². The minimum Gasteiger partial charge on any atom is -1.00 e. The monoisotopic (exact) mass is 239 g/mol. The standard InChI is InChI=1S/C7H6BrNO3.Li.H/c1-12-6-5(7(10)11)2-4(8)3-9-6;;/h2-3H,1H3,(H,10,11);;/q;+1;-1. The average Bonchev–Trinajstić information content (AvgIpc) is 2.04. The second-order valence-corrected chi connectivity index (χ2v) is 2.93. The molecule has 4 nitrogen and oxygen atoms in total. The largest absolute Gasteiger partial charge is 1.00 e. The van der Waals surface area contributed by atoms with Crippen molar-refractivity contribution in [1.29, 1.82) is 0 Å². The summed E-state index contributed by atoms with van der Waals surface area (Å²) in [5.74, 6) is -0.939. The number of methoxy groups -OCH3 is 1. The summed E-state index contributed by atoms with van der Waals surface area (Å²) in [6, 6.07) is 1.44. The number of ether oxygens (including phenoxy) is 1. The van der Waals surface area contributed by atoms with Crippen LogP contribution in [0.4, 0.5) is 0 Å². The van der Waals surface area contributed by atoms with Crippen LogP contribution >= 0.6 is 15.9 Å². The molecule has 0 aliphatic heterocycles. The molecule has 1 aromatic heterocycles. The molecule has 0 fully saturated rings. The predicted molar refractivity (Wildman–Crippen MR) is 46.6 cm³/mol. The van der Waals surface area contributed by atoms with Crippen LogP contribution in [0.1, 0.15) is 11.8 Å². The molecule has 13 heavy (non-hydrogen) atoms. The van der Waals surface area contributed by atoms with Crippen LogP contribution in [0.5, 0.6) is 5.88 Å². The van der Waals surface area contributed by atoms with Gasteiger partial charge in [0, 0.05) is 10.7 Å². The van der Waals surface area contributed by atoms with Crippen LogP contribution in [0.3, 0.4) is 0 Å². The summed E-state index contributed by atoms with van der Waals surface area (Å²) < 4.78 is 5.36. The Labute approximate surface area is 97.1 Å². The Bertz CT molecular complexity index is 324. The molecule has 0 atom stereocenters. The third-order valence-corrected chi connectivity index (χ3v) is 1.68. The molecular formula is C7H7BrLiNO3. The molecule has 0 aliphatic rings. The summed E-state index contributed by atoms with van der Waals surface area (Å²) in [5, 5.41) is 8.68. The Balaban J connectivity index is 0. The Morgan fingerprint density at radius 2 is 2.38 bits per heavy atom. The van der Waals surface area contributed by atoms with Crippen molar-refractivity contribution in [2.45, 2.75) is 0 Å². The van der Waals surface area contributed by atoms with Crippen LogP contribution < -0.4 is 23.6 Å². The van der Waals surface area contributed by atoms with Crippen LogP contribution in [-0.4, -0.2) is 23.2 Å². The quantitative estimate of drug-likeness (QED) is 0.650. The fourth-order valence-corrected chi connectivity index (χ4v) is 1.07. The van der Waals surface area contributed by atoms with Gasteiger partial charge in [0.2, 0.25) is 5.88 Å². The van der Waals surface area contributed by atoms with Crippen molar-refractivity contribution in [2.75, 3.05) is 7.11 Å². The van der Waals surface area contributed by atoms with Crippen molar-refractivity contribution in [1.82, 2.24) is 4.98 Å². The van der Waals surface area contributed by atoms with Crippen molar-refractivity contribution < 1.29 is 34.9 Å². The number of halogens is 1. The molecule has 0 saturated heterocycles. The zero-order valence-electron chi connectivity index (χ0n) is 8.24. The molecule has 66 valence electrons. The molecule has 1 N–H and O–H groups in total. The molecule has 1 rings (SSSR count). The van der Waals surface area contributed by atoms with Gasteiger partial charge in [-0.1, -0.05) is 0 Å². The summed E-state index contributed by atoms with van der Waals surface area (Å²) >= 11 is 3.11. The van der Waals surface area contributed by atoms with E-state index >= 15 is 0 Å². The Morgan fingerprint density at radius 3 is 2.85 bits per heavy atom. The van der Waals surface area contributed by atoms with Crippen molar-refractivity contribution in [3.63, 3.8) is 0 Å². The van der Waals surface area contributed by atoms with Crippen LogP contribution in [0, 0.1) is 0 Å². The predicted octanol–water partition coefficient (Wildman–Crippen LogP) is -1.33. The number of hydrogen-bond donors (Lipinski definition) is 1. The molecule has 1 heterocycles. The number of nitrogens with zero attached hydrogens (tertiary/aromatic N) is 1. The summed E-state index contributed by atoms with van der Waals surface area (Å²) in [5.41, 5.74) is 0.0480. The SMILES string of the molecule is COc1ncc(Br)cc1C(=O)O.[H-].[Li+]. The summed E-state index contributed by atoms with van der Waals surface area (Å²) in [6.07, 6.45) is 1.48. The normalized spacial score (nSPS) is 8.77. The third kappa shape index (κ3) is 3.03. The molecule has 0 saturated carbocycles. The van der Waals surface area contributed by atoms with Gasteiger partial charge in [0.25, 0.3) is 0 Å². The summed E-state index contributed by atoms with van der Waals surface area (Å²) in [7, 11) is 1.38. The zero-order valence-corrected chi connectivity index (χ0v) is 8.83. The summed E-state index contributed by atoms with van der Waals surface area (Å²) in [4.78, 5) is 14.4. The van der Waals surface area contributed by atoms with Gasteiger partial charge < -0.3 is 11.3 Å². The van der Waals surface area contributed by atoms with E-state index in [-0.39, 0.29) is 31.7 Å². The molecule has 0 radical (unpaired) electrons. The minimum atomic E-state index is -1.05. The zero-order chi connectivity index (χ0) is 9.14. The van der Waals surface area contributed by atoms with E-state index in [0.29, 0.717) is 4.47 Å². The molecule has 0 aromatic carbocycles. The van der Waals surface area contributed by atoms with E-state index in [2.05, 4.69) is 20.9 Å². The molecule has 0 bridgehead atoms. The summed E-state index contributed by atoms with van der Waals surface area (Å²) in [6.45, 7) is 0. The van der Waals surface area contributed by atoms with Gasteiger partial charge in [-0.25, -0.2) is 9.78 Å². The van der Waals surface area contributed by atoms with Crippen LogP contribution in [0.2, 0.25) is 0 Å². The number of carbonyl (C=O) groups is 1. The first-order valence-corrected chi connectivity index (χ1v) is 3.87. The van der Waals surface area contributed by atoms with E-state index in [1.807, 2.05) is 0 Å². The van der Waals surface area contributed by atoms with Gasteiger partial charge in [0.15, 0.2) is 0 Å². The van der Waals surface area contributed by atoms with Gasteiger partial charge in [-0.3, -0.25) is 0 Å².